The monoisotopic (exact) mass is 418 g/mol. The second-order valence-electron chi connectivity index (χ2n) is 7.93. The van der Waals surface area contributed by atoms with E-state index in [1.165, 1.54) is 51.4 Å². The molecule has 0 aromatic carbocycles. The third-order valence-corrected chi connectivity index (χ3v) is 5.16. The summed E-state index contributed by atoms with van der Waals surface area (Å²) in [7, 11) is 0. The lowest BCUT2D eigenvalue weighted by atomic mass is 9.94. The molecule has 0 aliphatic rings. The molecule has 0 rings (SSSR count). The van der Waals surface area contributed by atoms with Crippen molar-refractivity contribution in [2.75, 3.05) is 13.2 Å². The molecule has 29 heavy (non-hydrogen) atoms. The molecule has 172 valence electrons. The first-order valence-corrected chi connectivity index (χ1v) is 11.3. The molecule has 0 aromatic heterocycles. The van der Waals surface area contributed by atoms with Crippen LogP contribution in [0.2, 0.25) is 0 Å². The number of carbonyl (C=O) groups is 2. The van der Waals surface area contributed by atoms with Crippen LogP contribution in [-0.4, -0.2) is 57.8 Å². The maximum Gasteiger partial charge on any atom is 0.332 e. The van der Waals surface area contributed by atoms with Crippen LogP contribution in [0.5, 0.6) is 0 Å². The lowest BCUT2D eigenvalue weighted by Crippen LogP contribution is -2.30. The summed E-state index contributed by atoms with van der Waals surface area (Å²) in [5.74, 6) is -2.73. The number of rotatable bonds is 20. The van der Waals surface area contributed by atoms with E-state index in [1.807, 2.05) is 0 Å². The Labute approximate surface area is 175 Å². The Bertz CT molecular complexity index is 414. The van der Waals surface area contributed by atoms with Crippen molar-refractivity contribution in [3.05, 3.63) is 0 Å². The predicted molar refractivity (Wildman–Crippen MR) is 111 cm³/mol. The van der Waals surface area contributed by atoms with Crippen LogP contribution in [-0.2, 0) is 14.3 Å². The molecule has 0 saturated carbocycles. The number of carbonyl (C=O) groups excluding carboxylic acids is 1. The summed E-state index contributed by atoms with van der Waals surface area (Å²) in [4.78, 5) is 23.0. The van der Waals surface area contributed by atoms with E-state index in [-0.39, 0.29) is 13.0 Å². The van der Waals surface area contributed by atoms with E-state index >= 15 is 0 Å². The molecular formula is C22H42O7. The molecule has 0 aliphatic carbocycles. The first-order chi connectivity index (χ1) is 13.9. The molecule has 0 spiro atoms. The lowest BCUT2D eigenvalue weighted by molar-refractivity contribution is -0.156. The van der Waals surface area contributed by atoms with E-state index in [1.54, 1.807) is 0 Å². The number of hydrogen-bond acceptors (Lipinski definition) is 6. The molecule has 3 unspecified atom stereocenters. The van der Waals surface area contributed by atoms with Gasteiger partial charge in [-0.15, -0.1) is 0 Å². The van der Waals surface area contributed by atoms with Crippen molar-refractivity contribution in [1.82, 2.24) is 0 Å². The average Bonchev–Trinajstić information content (AvgIpc) is 2.71. The third kappa shape index (κ3) is 16.3. The summed E-state index contributed by atoms with van der Waals surface area (Å²) in [6.07, 6.45) is 11.8. The second-order valence-corrected chi connectivity index (χ2v) is 7.93. The van der Waals surface area contributed by atoms with Crippen LogP contribution in [0.4, 0.5) is 0 Å². The third-order valence-electron chi connectivity index (χ3n) is 5.16. The minimum Gasteiger partial charge on any atom is -0.479 e. The maximum atomic E-state index is 12.1. The van der Waals surface area contributed by atoms with Crippen molar-refractivity contribution >= 4 is 11.9 Å². The van der Waals surface area contributed by atoms with Gasteiger partial charge in [0.25, 0.3) is 0 Å². The zero-order valence-electron chi connectivity index (χ0n) is 18.1. The molecule has 0 saturated heterocycles. The van der Waals surface area contributed by atoms with Crippen LogP contribution in [0.1, 0.15) is 96.8 Å². The SMILES string of the molecule is CCCCCCCCCCCCCCC(CC(O)C(=O)O)C(=O)OCC(O)CO. The number of hydrogen-bond donors (Lipinski definition) is 4. The van der Waals surface area contributed by atoms with Crippen molar-refractivity contribution in [2.45, 2.75) is 109 Å². The van der Waals surface area contributed by atoms with Crippen LogP contribution >= 0.6 is 0 Å². The van der Waals surface area contributed by atoms with E-state index < -0.39 is 36.7 Å². The Morgan fingerprint density at radius 3 is 1.76 bits per heavy atom. The number of esters is 1. The Kier molecular flexibility index (Phi) is 18.1. The fraction of sp³-hybridized carbons (Fsp3) is 0.909. The van der Waals surface area contributed by atoms with Crippen molar-refractivity contribution in [3.8, 4) is 0 Å². The number of carboxylic acids is 1. The molecule has 4 N–H and O–H groups in total. The van der Waals surface area contributed by atoms with Gasteiger partial charge in [0.1, 0.15) is 12.7 Å². The smallest absolute Gasteiger partial charge is 0.332 e. The molecule has 0 amide bonds. The number of aliphatic carboxylic acids is 1. The molecular weight excluding hydrogens is 376 g/mol. The number of aliphatic hydroxyl groups excluding tert-OH is 3. The summed E-state index contributed by atoms with van der Waals surface area (Å²) in [5.41, 5.74) is 0. The van der Waals surface area contributed by atoms with Gasteiger partial charge in [-0.2, -0.15) is 0 Å². The van der Waals surface area contributed by atoms with E-state index in [4.69, 9.17) is 14.9 Å². The van der Waals surface area contributed by atoms with Gasteiger partial charge in [0.2, 0.25) is 0 Å². The van der Waals surface area contributed by atoms with Crippen LogP contribution in [0.15, 0.2) is 0 Å². The van der Waals surface area contributed by atoms with E-state index in [0.717, 1.165) is 25.7 Å². The lowest BCUT2D eigenvalue weighted by Gasteiger charge is -2.18. The van der Waals surface area contributed by atoms with Gasteiger partial charge in [0.05, 0.1) is 12.5 Å². The van der Waals surface area contributed by atoms with E-state index in [0.29, 0.717) is 6.42 Å². The summed E-state index contributed by atoms with van der Waals surface area (Å²) in [6.45, 7) is 1.36. The Balaban J connectivity index is 3.98. The van der Waals surface area contributed by atoms with Crippen molar-refractivity contribution in [1.29, 1.82) is 0 Å². The quantitative estimate of drug-likeness (QED) is 0.176. The molecule has 0 heterocycles. The van der Waals surface area contributed by atoms with Crippen LogP contribution in [0, 0.1) is 5.92 Å². The molecule has 0 radical (unpaired) electrons. The fourth-order valence-corrected chi connectivity index (χ4v) is 3.28. The summed E-state index contributed by atoms with van der Waals surface area (Å²) in [6, 6.07) is 0. The summed E-state index contributed by atoms with van der Waals surface area (Å²) >= 11 is 0. The Morgan fingerprint density at radius 2 is 1.31 bits per heavy atom. The number of unbranched alkanes of at least 4 members (excludes halogenated alkanes) is 11. The van der Waals surface area contributed by atoms with Crippen LogP contribution < -0.4 is 0 Å². The van der Waals surface area contributed by atoms with E-state index in [9.17, 15) is 19.8 Å². The van der Waals surface area contributed by atoms with Gasteiger partial charge in [-0.05, 0) is 12.8 Å². The van der Waals surface area contributed by atoms with Gasteiger partial charge in [-0.3, -0.25) is 4.79 Å². The van der Waals surface area contributed by atoms with Gasteiger partial charge in [-0.1, -0.05) is 84.0 Å². The van der Waals surface area contributed by atoms with Gasteiger partial charge in [0.15, 0.2) is 6.10 Å². The van der Waals surface area contributed by atoms with Gasteiger partial charge in [0, 0.05) is 0 Å². The molecule has 7 heteroatoms. The molecule has 0 bridgehead atoms. The molecule has 7 nitrogen and oxygen atoms in total. The summed E-state index contributed by atoms with van der Waals surface area (Å²) < 4.78 is 4.94. The normalized spacial score (nSPS) is 14.3. The highest BCUT2D eigenvalue weighted by molar-refractivity contribution is 5.76. The van der Waals surface area contributed by atoms with Crippen molar-refractivity contribution in [2.24, 2.45) is 5.92 Å². The largest absolute Gasteiger partial charge is 0.479 e. The summed E-state index contributed by atoms with van der Waals surface area (Å²) in [5, 5.41) is 36.5. The number of ether oxygens (including phenoxy) is 1. The first kappa shape index (κ1) is 27.8. The molecule has 0 aromatic rings. The average molecular weight is 419 g/mol. The predicted octanol–water partition coefficient (Wildman–Crippen LogP) is 3.43. The highest BCUT2D eigenvalue weighted by Crippen LogP contribution is 2.19. The zero-order valence-corrected chi connectivity index (χ0v) is 18.1. The van der Waals surface area contributed by atoms with Gasteiger partial charge < -0.3 is 25.2 Å². The fourth-order valence-electron chi connectivity index (χ4n) is 3.28. The first-order valence-electron chi connectivity index (χ1n) is 11.3. The van der Waals surface area contributed by atoms with Crippen molar-refractivity contribution < 1.29 is 34.8 Å². The van der Waals surface area contributed by atoms with E-state index in [2.05, 4.69) is 6.92 Å². The molecule has 0 fully saturated rings. The number of carboxylic acid groups (broad SMARTS) is 1. The Morgan fingerprint density at radius 1 is 0.828 bits per heavy atom. The highest BCUT2D eigenvalue weighted by atomic mass is 16.5. The minimum absolute atomic E-state index is 0.207. The van der Waals surface area contributed by atoms with Crippen LogP contribution in [0.25, 0.3) is 0 Å². The van der Waals surface area contributed by atoms with Crippen molar-refractivity contribution in [3.63, 3.8) is 0 Å². The van der Waals surface area contributed by atoms with Gasteiger partial charge >= 0.3 is 11.9 Å². The highest BCUT2D eigenvalue weighted by Gasteiger charge is 2.27. The topological polar surface area (TPSA) is 124 Å². The number of aliphatic hydroxyl groups is 3. The van der Waals surface area contributed by atoms with Gasteiger partial charge in [-0.25, -0.2) is 4.79 Å². The zero-order chi connectivity index (χ0) is 21.9. The molecule has 0 aliphatic heterocycles. The Hall–Kier alpha value is -1.18. The maximum absolute atomic E-state index is 12.1. The second kappa shape index (κ2) is 18.8. The minimum atomic E-state index is -1.62. The van der Waals surface area contributed by atoms with Crippen LogP contribution in [0.3, 0.4) is 0 Å². The molecule has 3 atom stereocenters. The standard InChI is InChI=1S/C22H42O7/c1-2-3-4-5-6-7-8-9-10-11-12-13-14-18(15-20(25)21(26)27)22(28)29-17-19(24)16-23/h18-20,23-25H,2-17H2,1H3,(H,26,27).